The van der Waals surface area contributed by atoms with Crippen LogP contribution in [0.5, 0.6) is 11.5 Å². The molecule has 8 nitrogen and oxygen atoms in total. The lowest BCUT2D eigenvalue weighted by molar-refractivity contribution is -0.143. The van der Waals surface area contributed by atoms with Crippen LogP contribution in [-0.2, 0) is 16.1 Å². The van der Waals surface area contributed by atoms with E-state index in [1.807, 2.05) is 48.5 Å². The number of nitriles is 1. The minimum atomic E-state index is -0.714. The van der Waals surface area contributed by atoms with Crippen molar-refractivity contribution in [3.05, 3.63) is 124 Å². The molecule has 10 heteroatoms. The summed E-state index contributed by atoms with van der Waals surface area (Å²) in [7, 11) is 1.58. The number of carbonyl (C=O) groups is 1. The number of fused-ring (bicyclic) bond motifs is 1. The summed E-state index contributed by atoms with van der Waals surface area (Å²) in [5.74, 6) is 0.758. The number of halogens is 1. The van der Waals surface area contributed by atoms with E-state index in [2.05, 4.69) is 27.0 Å². The first-order valence-corrected chi connectivity index (χ1v) is 15.1. The van der Waals surface area contributed by atoms with E-state index < -0.39 is 12.0 Å². The molecule has 1 aliphatic heterocycles. The van der Waals surface area contributed by atoms with E-state index in [4.69, 9.17) is 14.2 Å². The number of thiazole rings is 1. The molecule has 1 aromatic heterocycles. The minimum absolute atomic E-state index is 0.243. The number of hydrogen-bond acceptors (Lipinski definition) is 8. The molecule has 0 N–H and O–H groups in total. The number of hydrogen-bond donors (Lipinski definition) is 0. The zero-order valence-corrected chi connectivity index (χ0v) is 26.4. The van der Waals surface area contributed by atoms with Crippen LogP contribution in [0.3, 0.4) is 0 Å². The van der Waals surface area contributed by atoms with Gasteiger partial charge in [-0.25, -0.2) is 9.79 Å². The van der Waals surface area contributed by atoms with Crippen LogP contribution >= 0.6 is 27.3 Å². The van der Waals surface area contributed by atoms with Gasteiger partial charge >= 0.3 is 5.97 Å². The highest BCUT2D eigenvalue weighted by Crippen LogP contribution is 2.32. The SMILES string of the molecule is COc1ccc([C@H]2C(C(=O)OC(C)C)=C(C)N=c3s/c(=C\c4ccc(OCc5ccccc5C#N)c(Br)c4)c(=O)n32)cc1. The van der Waals surface area contributed by atoms with Gasteiger partial charge in [-0.05, 0) is 84.2 Å². The van der Waals surface area contributed by atoms with Gasteiger partial charge in [0.15, 0.2) is 4.80 Å². The van der Waals surface area contributed by atoms with Gasteiger partial charge in [0.2, 0.25) is 0 Å². The maximum Gasteiger partial charge on any atom is 0.338 e. The number of esters is 1. The van der Waals surface area contributed by atoms with E-state index >= 15 is 0 Å². The van der Waals surface area contributed by atoms with Crippen molar-refractivity contribution < 1.29 is 19.0 Å². The van der Waals surface area contributed by atoms with Gasteiger partial charge in [-0.1, -0.05) is 47.7 Å². The van der Waals surface area contributed by atoms with Gasteiger partial charge in [0, 0.05) is 5.56 Å². The first-order valence-electron chi connectivity index (χ1n) is 13.5. The number of rotatable bonds is 8. The molecule has 0 spiro atoms. The van der Waals surface area contributed by atoms with Crippen LogP contribution in [0.15, 0.2) is 92.3 Å². The molecular weight excluding hydrogens is 630 g/mol. The van der Waals surface area contributed by atoms with Crippen molar-refractivity contribution in [2.75, 3.05) is 7.11 Å². The summed E-state index contributed by atoms with van der Waals surface area (Å²) in [5, 5.41) is 9.34. The van der Waals surface area contributed by atoms with E-state index in [-0.39, 0.29) is 18.3 Å². The minimum Gasteiger partial charge on any atom is -0.497 e. The van der Waals surface area contributed by atoms with Crippen molar-refractivity contribution in [1.29, 1.82) is 5.26 Å². The molecule has 3 aromatic carbocycles. The predicted octanol–water partition coefficient (Wildman–Crippen LogP) is 5.41. The summed E-state index contributed by atoms with van der Waals surface area (Å²) < 4.78 is 19.6. The van der Waals surface area contributed by atoms with Gasteiger partial charge in [0.05, 0.1) is 51.2 Å². The van der Waals surface area contributed by atoms with E-state index in [0.29, 0.717) is 42.1 Å². The lowest BCUT2D eigenvalue weighted by Crippen LogP contribution is -2.40. The molecule has 1 atom stereocenters. The normalized spacial score (nSPS) is 14.6. The maximum atomic E-state index is 13.9. The molecular formula is C33H28BrN3O5S. The third-order valence-corrected chi connectivity index (χ3v) is 8.39. The number of ether oxygens (including phenoxy) is 3. The lowest BCUT2D eigenvalue weighted by atomic mass is 9.96. The average molecular weight is 659 g/mol. The highest BCUT2D eigenvalue weighted by atomic mass is 79.9. The van der Waals surface area contributed by atoms with Crippen molar-refractivity contribution in [2.24, 2.45) is 4.99 Å². The second-order valence-corrected chi connectivity index (χ2v) is 11.9. The standard InChI is InChI=1S/C33H28BrN3O5S/c1-19(2)42-32(39)29-20(3)36-33-37(30(29)22-10-12-25(40-4)13-11-22)31(38)28(43-33)16-21-9-14-27(26(34)15-21)41-18-24-8-6-5-7-23(24)17-35/h5-16,19,30H,18H2,1-4H3/b28-16-/t30-/m0/s1. The fourth-order valence-electron chi connectivity index (χ4n) is 4.75. The van der Waals surface area contributed by atoms with Crippen LogP contribution in [-0.4, -0.2) is 23.8 Å². The fraction of sp³-hybridized carbons (Fsp3) is 0.212. The van der Waals surface area contributed by atoms with Crippen LogP contribution < -0.4 is 24.4 Å². The second kappa shape index (κ2) is 12.8. The molecule has 0 saturated heterocycles. The molecule has 0 fully saturated rings. The Labute approximate surface area is 260 Å². The summed E-state index contributed by atoms with van der Waals surface area (Å²) in [6.45, 7) is 5.57. The molecule has 218 valence electrons. The number of methoxy groups -OCH3 is 1. The number of allylic oxidation sites excluding steroid dienone is 1. The summed E-state index contributed by atoms with van der Waals surface area (Å²) in [5.41, 5.74) is 3.42. The Kier molecular flexibility index (Phi) is 8.94. The van der Waals surface area contributed by atoms with Gasteiger partial charge in [0.1, 0.15) is 18.1 Å². The quantitative estimate of drug-likeness (QED) is 0.235. The average Bonchev–Trinajstić information content (AvgIpc) is 3.29. The van der Waals surface area contributed by atoms with Gasteiger partial charge in [-0.15, -0.1) is 0 Å². The Morgan fingerprint density at radius 2 is 1.91 bits per heavy atom. The van der Waals surface area contributed by atoms with E-state index in [1.165, 1.54) is 11.3 Å². The Balaban J connectivity index is 1.52. The number of nitrogens with zero attached hydrogens (tertiary/aromatic N) is 3. The van der Waals surface area contributed by atoms with Crippen molar-refractivity contribution in [3.8, 4) is 17.6 Å². The predicted molar refractivity (Wildman–Crippen MR) is 168 cm³/mol. The topological polar surface area (TPSA) is 103 Å². The van der Waals surface area contributed by atoms with Crippen molar-refractivity contribution in [1.82, 2.24) is 4.57 Å². The third kappa shape index (κ3) is 6.33. The first-order chi connectivity index (χ1) is 20.7. The molecule has 0 amide bonds. The van der Waals surface area contributed by atoms with Crippen LogP contribution in [0.25, 0.3) is 6.08 Å². The summed E-state index contributed by atoms with van der Waals surface area (Å²) >= 11 is 4.83. The van der Waals surface area contributed by atoms with Gasteiger partial charge in [-0.3, -0.25) is 9.36 Å². The summed E-state index contributed by atoms with van der Waals surface area (Å²) in [6, 6.07) is 21.6. The van der Waals surface area contributed by atoms with Gasteiger partial charge in [-0.2, -0.15) is 5.26 Å². The van der Waals surface area contributed by atoms with E-state index in [9.17, 15) is 14.9 Å². The Bertz CT molecular complexity index is 1950. The number of aromatic nitrogens is 1. The number of carbonyl (C=O) groups excluding carboxylic acids is 1. The molecule has 5 rings (SSSR count). The molecule has 0 aliphatic carbocycles. The molecule has 0 bridgehead atoms. The number of benzene rings is 3. The molecule has 0 saturated carbocycles. The van der Waals surface area contributed by atoms with Crippen molar-refractivity contribution in [2.45, 2.75) is 39.5 Å². The highest BCUT2D eigenvalue weighted by Gasteiger charge is 2.33. The maximum absolute atomic E-state index is 13.9. The summed E-state index contributed by atoms with van der Waals surface area (Å²) in [6.07, 6.45) is 1.46. The van der Waals surface area contributed by atoms with E-state index in [1.54, 1.807) is 56.7 Å². The molecule has 2 heterocycles. The lowest BCUT2D eigenvalue weighted by Gasteiger charge is -2.25. The first kappa shape index (κ1) is 30.0. The Morgan fingerprint density at radius 3 is 2.58 bits per heavy atom. The Morgan fingerprint density at radius 1 is 1.16 bits per heavy atom. The monoisotopic (exact) mass is 657 g/mol. The smallest absolute Gasteiger partial charge is 0.338 e. The second-order valence-electron chi connectivity index (χ2n) is 10.1. The molecule has 0 unspecified atom stereocenters. The van der Waals surface area contributed by atoms with Crippen LogP contribution in [0.1, 0.15) is 49.1 Å². The zero-order chi connectivity index (χ0) is 30.7. The Hall–Kier alpha value is -4.46. The third-order valence-electron chi connectivity index (χ3n) is 6.79. The molecule has 1 aliphatic rings. The molecule has 43 heavy (non-hydrogen) atoms. The van der Waals surface area contributed by atoms with Crippen LogP contribution in [0, 0.1) is 11.3 Å². The largest absolute Gasteiger partial charge is 0.497 e. The zero-order valence-electron chi connectivity index (χ0n) is 24.0. The van der Waals surface area contributed by atoms with Crippen molar-refractivity contribution in [3.63, 3.8) is 0 Å². The summed E-state index contributed by atoms with van der Waals surface area (Å²) in [4.78, 5) is 32.3. The fourth-order valence-corrected chi connectivity index (χ4v) is 6.31. The van der Waals surface area contributed by atoms with Crippen LogP contribution in [0.2, 0.25) is 0 Å². The van der Waals surface area contributed by atoms with Crippen LogP contribution in [0.4, 0.5) is 0 Å². The van der Waals surface area contributed by atoms with Gasteiger partial charge < -0.3 is 14.2 Å². The van der Waals surface area contributed by atoms with E-state index in [0.717, 1.165) is 16.7 Å². The highest BCUT2D eigenvalue weighted by molar-refractivity contribution is 9.10. The molecule has 4 aromatic rings. The van der Waals surface area contributed by atoms with Crippen molar-refractivity contribution >= 4 is 39.3 Å². The van der Waals surface area contributed by atoms with Gasteiger partial charge in [0.25, 0.3) is 5.56 Å². The molecule has 0 radical (unpaired) electrons.